The molecule has 0 spiro atoms. The van der Waals surface area contributed by atoms with Gasteiger partial charge in [0.2, 0.25) is 0 Å². The Morgan fingerprint density at radius 1 is 1.15 bits per heavy atom. The van der Waals surface area contributed by atoms with Crippen LogP contribution in [0, 0.1) is 5.92 Å². The van der Waals surface area contributed by atoms with Crippen molar-refractivity contribution >= 4 is 22.9 Å². The molecule has 33 heavy (non-hydrogen) atoms. The molecule has 5 rings (SSSR count). The lowest BCUT2D eigenvalue weighted by atomic mass is 9.83. The van der Waals surface area contributed by atoms with Crippen molar-refractivity contribution in [2.75, 3.05) is 19.0 Å². The maximum absolute atomic E-state index is 12.6. The summed E-state index contributed by atoms with van der Waals surface area (Å²) in [5, 5.41) is 16.9. The van der Waals surface area contributed by atoms with Gasteiger partial charge in [0.25, 0.3) is 5.91 Å². The van der Waals surface area contributed by atoms with Crippen molar-refractivity contribution in [3.63, 3.8) is 0 Å². The summed E-state index contributed by atoms with van der Waals surface area (Å²) in [5.74, 6) is 1.01. The van der Waals surface area contributed by atoms with Crippen molar-refractivity contribution in [1.82, 2.24) is 5.32 Å². The molecular formula is C27H32N2O4. The van der Waals surface area contributed by atoms with E-state index in [4.69, 9.17) is 9.47 Å². The third kappa shape index (κ3) is 4.43. The Labute approximate surface area is 195 Å². The van der Waals surface area contributed by atoms with Gasteiger partial charge < -0.3 is 25.2 Å². The van der Waals surface area contributed by atoms with Gasteiger partial charge in [-0.15, -0.1) is 0 Å². The summed E-state index contributed by atoms with van der Waals surface area (Å²) in [6, 6.07) is 14.0. The van der Waals surface area contributed by atoms with Crippen LogP contribution in [0.5, 0.6) is 0 Å². The molecule has 6 heteroatoms. The second-order valence-corrected chi connectivity index (χ2v) is 9.24. The average Bonchev–Trinajstić information content (AvgIpc) is 3.41. The van der Waals surface area contributed by atoms with Crippen LogP contribution in [0.25, 0.3) is 11.3 Å². The van der Waals surface area contributed by atoms with E-state index in [0.29, 0.717) is 23.9 Å². The molecule has 1 saturated carbocycles. The number of hydrogen-bond acceptors (Lipinski definition) is 5. The molecule has 2 heterocycles. The van der Waals surface area contributed by atoms with Crippen LogP contribution in [0.15, 0.2) is 42.5 Å². The molecule has 2 aromatic rings. The minimum Gasteiger partial charge on any atom is -0.487 e. The summed E-state index contributed by atoms with van der Waals surface area (Å²) in [6.45, 7) is 1.24. The number of ether oxygens (including phenoxy) is 2. The molecule has 2 atom stereocenters. The minimum absolute atomic E-state index is 0.0367. The number of carbonyl (C=O) groups excluding carboxylic acids is 1. The number of hydrogen-bond donors (Lipinski definition) is 3. The van der Waals surface area contributed by atoms with Gasteiger partial charge in [0.15, 0.2) is 6.29 Å². The van der Waals surface area contributed by atoms with Crippen LogP contribution >= 0.6 is 0 Å². The highest BCUT2D eigenvalue weighted by atomic mass is 16.6. The summed E-state index contributed by atoms with van der Waals surface area (Å²) in [5.41, 5.74) is 5.64. The van der Waals surface area contributed by atoms with Crippen molar-refractivity contribution in [1.29, 1.82) is 0 Å². The summed E-state index contributed by atoms with van der Waals surface area (Å²) in [6.07, 6.45) is 6.09. The molecule has 0 aromatic heterocycles. The van der Waals surface area contributed by atoms with Crippen LogP contribution in [-0.2, 0) is 27.3 Å². The summed E-state index contributed by atoms with van der Waals surface area (Å²) >= 11 is 0. The fourth-order valence-electron chi connectivity index (χ4n) is 5.44. The standard InChI is InChI=1S/C27H32N2O4/c1-32-27(31)24(18-7-3-2-4-8-18)28-14-13-17-11-12-20-19(15-17)16-33-25(20)23-21-9-5-6-10-22(21)29-26(23)30/h5-6,9-12,15,18,24,27-28,31H,2-4,7-8,13-14,16H2,1H3,(H,29,30). The van der Waals surface area contributed by atoms with Crippen molar-refractivity contribution in [3.8, 4) is 0 Å². The lowest BCUT2D eigenvalue weighted by Gasteiger charge is -2.33. The van der Waals surface area contributed by atoms with Crippen molar-refractivity contribution < 1.29 is 19.4 Å². The van der Waals surface area contributed by atoms with E-state index >= 15 is 0 Å². The van der Waals surface area contributed by atoms with Gasteiger partial charge in [-0.05, 0) is 43.4 Å². The van der Waals surface area contributed by atoms with E-state index in [9.17, 15) is 9.90 Å². The van der Waals surface area contributed by atoms with E-state index in [1.807, 2.05) is 24.3 Å². The fraction of sp³-hybridized carbons (Fsp3) is 0.444. The molecule has 2 aliphatic heterocycles. The van der Waals surface area contributed by atoms with Gasteiger partial charge in [-0.2, -0.15) is 0 Å². The van der Waals surface area contributed by atoms with Gasteiger partial charge in [0, 0.05) is 29.5 Å². The van der Waals surface area contributed by atoms with Gasteiger partial charge in [0.1, 0.15) is 12.4 Å². The summed E-state index contributed by atoms with van der Waals surface area (Å²) in [4.78, 5) is 12.6. The summed E-state index contributed by atoms with van der Waals surface area (Å²) < 4.78 is 11.3. The Kier molecular flexibility index (Phi) is 6.49. The first kappa shape index (κ1) is 22.1. The maximum atomic E-state index is 12.6. The first-order valence-electron chi connectivity index (χ1n) is 12.0. The average molecular weight is 449 g/mol. The normalized spacial score (nSPS) is 21.8. The van der Waals surface area contributed by atoms with Crippen LogP contribution < -0.4 is 10.6 Å². The molecule has 3 N–H and O–H groups in total. The molecule has 3 aliphatic rings. The SMILES string of the molecule is COC(O)C(NCCc1ccc2c(c1)COC2=C1C(=O)Nc2ccccc21)C1CCCCC1. The lowest BCUT2D eigenvalue weighted by Crippen LogP contribution is -2.47. The number of para-hydroxylation sites is 1. The second kappa shape index (κ2) is 9.67. The molecule has 0 saturated heterocycles. The number of carbonyl (C=O) groups is 1. The van der Waals surface area contributed by atoms with Gasteiger partial charge in [-0.3, -0.25) is 4.79 Å². The molecule has 0 bridgehead atoms. The molecule has 1 amide bonds. The Balaban J connectivity index is 1.29. The van der Waals surface area contributed by atoms with Gasteiger partial charge in [-0.1, -0.05) is 55.7 Å². The van der Waals surface area contributed by atoms with Crippen molar-refractivity contribution in [2.45, 2.75) is 57.5 Å². The number of aliphatic hydroxyl groups excluding tert-OH is 1. The van der Waals surface area contributed by atoms with E-state index < -0.39 is 6.29 Å². The van der Waals surface area contributed by atoms with Crippen molar-refractivity contribution in [2.24, 2.45) is 5.92 Å². The van der Waals surface area contributed by atoms with Crippen molar-refractivity contribution in [3.05, 3.63) is 64.7 Å². The topological polar surface area (TPSA) is 79.8 Å². The third-order valence-corrected chi connectivity index (χ3v) is 7.19. The number of rotatable bonds is 7. The fourth-order valence-corrected chi connectivity index (χ4v) is 5.44. The molecule has 0 radical (unpaired) electrons. The molecule has 2 unspecified atom stereocenters. The first-order valence-corrected chi connectivity index (χ1v) is 12.0. The molecule has 6 nitrogen and oxygen atoms in total. The smallest absolute Gasteiger partial charge is 0.260 e. The van der Waals surface area contributed by atoms with Crippen LogP contribution in [0.2, 0.25) is 0 Å². The zero-order chi connectivity index (χ0) is 22.8. The molecule has 174 valence electrons. The Morgan fingerprint density at radius 3 is 2.79 bits per heavy atom. The highest BCUT2D eigenvalue weighted by molar-refractivity contribution is 6.36. The Morgan fingerprint density at radius 2 is 1.97 bits per heavy atom. The second-order valence-electron chi connectivity index (χ2n) is 9.24. The van der Waals surface area contributed by atoms with Gasteiger partial charge >= 0.3 is 0 Å². The Bertz CT molecular complexity index is 1060. The van der Waals surface area contributed by atoms with E-state index in [2.05, 4.69) is 28.8 Å². The zero-order valence-corrected chi connectivity index (χ0v) is 19.1. The van der Waals surface area contributed by atoms with Crippen LogP contribution in [-0.4, -0.2) is 37.0 Å². The number of benzene rings is 2. The number of amides is 1. The monoisotopic (exact) mass is 448 g/mol. The first-order chi connectivity index (χ1) is 16.2. The third-order valence-electron chi connectivity index (χ3n) is 7.19. The predicted molar refractivity (Wildman–Crippen MR) is 128 cm³/mol. The molecule has 1 aliphatic carbocycles. The van der Waals surface area contributed by atoms with Crippen LogP contribution in [0.1, 0.15) is 54.4 Å². The van der Waals surface area contributed by atoms with E-state index in [-0.39, 0.29) is 11.9 Å². The van der Waals surface area contributed by atoms with Crippen LogP contribution in [0.4, 0.5) is 5.69 Å². The number of aliphatic hydroxyl groups is 1. The quantitative estimate of drug-likeness (QED) is 0.439. The lowest BCUT2D eigenvalue weighted by molar-refractivity contribution is -0.111. The largest absolute Gasteiger partial charge is 0.487 e. The highest BCUT2D eigenvalue weighted by Crippen LogP contribution is 2.41. The Hall–Kier alpha value is -2.67. The van der Waals surface area contributed by atoms with E-state index in [1.54, 1.807) is 7.11 Å². The number of methoxy groups -OCH3 is 1. The van der Waals surface area contributed by atoms with Crippen LogP contribution in [0.3, 0.4) is 0 Å². The van der Waals surface area contributed by atoms with E-state index in [1.165, 1.54) is 24.8 Å². The van der Waals surface area contributed by atoms with Gasteiger partial charge in [0.05, 0.1) is 11.6 Å². The number of fused-ring (bicyclic) bond motifs is 2. The molecular weight excluding hydrogens is 416 g/mol. The number of nitrogens with one attached hydrogen (secondary N) is 2. The zero-order valence-electron chi connectivity index (χ0n) is 19.1. The minimum atomic E-state index is -0.781. The van der Waals surface area contributed by atoms with Gasteiger partial charge in [-0.25, -0.2) is 0 Å². The molecule has 1 fully saturated rings. The molecule has 2 aromatic carbocycles. The highest BCUT2D eigenvalue weighted by Gasteiger charge is 2.32. The maximum Gasteiger partial charge on any atom is 0.260 e. The predicted octanol–water partition coefficient (Wildman–Crippen LogP) is 4.08. The van der Waals surface area contributed by atoms with E-state index in [0.717, 1.165) is 48.2 Å². The number of anilines is 1. The summed E-state index contributed by atoms with van der Waals surface area (Å²) in [7, 11) is 1.57.